The third kappa shape index (κ3) is 2.98. The van der Waals surface area contributed by atoms with Gasteiger partial charge in [0.2, 0.25) is 11.8 Å². The van der Waals surface area contributed by atoms with Crippen LogP contribution in [0.1, 0.15) is 38.5 Å². The van der Waals surface area contributed by atoms with E-state index >= 15 is 0 Å². The lowest BCUT2D eigenvalue weighted by molar-refractivity contribution is -0.140. The molecule has 1 atom stereocenters. The molecule has 5 heteroatoms. The van der Waals surface area contributed by atoms with Gasteiger partial charge in [-0.2, -0.15) is 0 Å². The molecule has 0 aromatic rings. The molecule has 0 aromatic carbocycles. The third-order valence-electron chi connectivity index (χ3n) is 3.90. The van der Waals surface area contributed by atoms with Gasteiger partial charge in [0, 0.05) is 36.7 Å². The molecule has 2 fully saturated rings. The van der Waals surface area contributed by atoms with Crippen LogP contribution in [0.15, 0.2) is 0 Å². The smallest absolute Gasteiger partial charge is 0.248 e. The van der Waals surface area contributed by atoms with Gasteiger partial charge in [-0.05, 0) is 25.7 Å². The summed E-state index contributed by atoms with van der Waals surface area (Å²) < 4.78 is 26.1. The second kappa shape index (κ2) is 5.21. The molecule has 1 heterocycles. The van der Waals surface area contributed by atoms with Crippen molar-refractivity contribution in [3.8, 4) is 0 Å². The molecule has 0 bridgehead atoms. The van der Waals surface area contributed by atoms with E-state index in [2.05, 4.69) is 15.9 Å². The fourth-order valence-electron chi connectivity index (χ4n) is 2.81. The molecule has 2 nitrogen and oxygen atoms in total. The number of hydrogen-bond acceptors (Lipinski definition) is 1. The summed E-state index contributed by atoms with van der Waals surface area (Å²) in [5, 5.41) is 0.793. The lowest BCUT2D eigenvalue weighted by atomic mass is 9.86. The van der Waals surface area contributed by atoms with Gasteiger partial charge in [-0.15, -0.1) is 0 Å². The Morgan fingerprint density at radius 2 is 1.94 bits per heavy atom. The number of nitrogens with zero attached hydrogens (tertiary/aromatic N) is 1. The van der Waals surface area contributed by atoms with Gasteiger partial charge in [0.15, 0.2) is 0 Å². The Hall–Kier alpha value is -0.190. The monoisotopic (exact) mass is 309 g/mol. The number of hydrogen-bond donors (Lipinski definition) is 0. The Kier molecular flexibility index (Phi) is 4.06. The summed E-state index contributed by atoms with van der Waals surface area (Å²) in [6, 6.07) is 0.268. The number of halogens is 3. The van der Waals surface area contributed by atoms with Crippen molar-refractivity contribution in [2.24, 2.45) is 5.92 Å². The van der Waals surface area contributed by atoms with Crippen molar-refractivity contribution in [3.63, 3.8) is 0 Å². The molecule has 1 aliphatic heterocycles. The van der Waals surface area contributed by atoms with Crippen LogP contribution in [0.5, 0.6) is 0 Å². The van der Waals surface area contributed by atoms with Crippen molar-refractivity contribution in [3.05, 3.63) is 0 Å². The van der Waals surface area contributed by atoms with E-state index < -0.39 is 5.92 Å². The van der Waals surface area contributed by atoms with Gasteiger partial charge in [0.05, 0.1) is 0 Å². The minimum atomic E-state index is -2.55. The first-order valence-electron chi connectivity index (χ1n) is 6.28. The highest BCUT2D eigenvalue weighted by molar-refractivity contribution is 9.09. The molecule has 2 rings (SSSR count). The van der Waals surface area contributed by atoms with E-state index in [9.17, 15) is 13.6 Å². The first-order chi connectivity index (χ1) is 8.03. The molecular formula is C12H18BrF2NO. The number of amides is 1. The first-order valence-corrected chi connectivity index (χ1v) is 7.40. The number of carbonyl (C=O) groups excluding carboxylic acids is 1. The summed E-state index contributed by atoms with van der Waals surface area (Å²) in [5.74, 6) is -2.62. The van der Waals surface area contributed by atoms with Gasteiger partial charge in [-0.25, -0.2) is 8.78 Å². The second-order valence-corrected chi connectivity index (χ2v) is 5.76. The normalized spacial score (nSPS) is 29.6. The van der Waals surface area contributed by atoms with Crippen LogP contribution in [0.3, 0.4) is 0 Å². The van der Waals surface area contributed by atoms with Crippen molar-refractivity contribution in [1.29, 1.82) is 0 Å². The van der Waals surface area contributed by atoms with Crippen molar-refractivity contribution < 1.29 is 13.6 Å². The molecule has 1 unspecified atom stereocenters. The Bertz CT molecular complexity index is 288. The van der Waals surface area contributed by atoms with E-state index in [-0.39, 0.29) is 30.7 Å². The minimum absolute atomic E-state index is 0.0995. The average Bonchev–Trinajstić information content (AvgIpc) is 2.76. The average molecular weight is 310 g/mol. The van der Waals surface area contributed by atoms with Crippen LogP contribution in [0.2, 0.25) is 0 Å². The van der Waals surface area contributed by atoms with E-state index in [1.54, 1.807) is 0 Å². The van der Waals surface area contributed by atoms with Crippen LogP contribution in [0.4, 0.5) is 8.78 Å². The Morgan fingerprint density at radius 3 is 2.53 bits per heavy atom. The Labute approximate surface area is 109 Å². The zero-order valence-electron chi connectivity index (χ0n) is 9.80. The van der Waals surface area contributed by atoms with Crippen LogP contribution in [-0.2, 0) is 4.79 Å². The quantitative estimate of drug-likeness (QED) is 0.717. The fourth-order valence-corrected chi connectivity index (χ4v) is 3.48. The van der Waals surface area contributed by atoms with Gasteiger partial charge in [-0.3, -0.25) is 4.79 Å². The lowest BCUT2D eigenvalue weighted by Gasteiger charge is -2.32. The summed E-state index contributed by atoms with van der Waals surface area (Å²) in [6.07, 6.45) is 2.49. The standard InChI is InChI=1S/C12H18BrF2NO/c13-8-10-2-1-7-16(10)11(17)9-3-5-12(14,15)6-4-9/h9-10H,1-8H2. The van der Waals surface area contributed by atoms with E-state index in [0.717, 1.165) is 24.7 Å². The highest BCUT2D eigenvalue weighted by Gasteiger charge is 2.40. The van der Waals surface area contributed by atoms with Gasteiger partial charge >= 0.3 is 0 Å². The zero-order chi connectivity index (χ0) is 12.5. The molecule has 17 heavy (non-hydrogen) atoms. The van der Waals surface area contributed by atoms with Gasteiger partial charge in [0.1, 0.15) is 0 Å². The predicted octanol–water partition coefficient (Wildman–Crippen LogP) is 3.20. The fraction of sp³-hybridized carbons (Fsp3) is 0.917. The molecule has 1 saturated heterocycles. The highest BCUT2D eigenvalue weighted by Crippen LogP contribution is 2.37. The SMILES string of the molecule is O=C(C1CCC(F)(F)CC1)N1CCCC1CBr. The molecular weight excluding hydrogens is 292 g/mol. The summed E-state index contributed by atoms with van der Waals surface area (Å²) in [4.78, 5) is 14.1. The summed E-state index contributed by atoms with van der Waals surface area (Å²) in [5.41, 5.74) is 0. The Morgan fingerprint density at radius 1 is 1.29 bits per heavy atom. The largest absolute Gasteiger partial charge is 0.339 e. The maximum absolute atomic E-state index is 13.0. The van der Waals surface area contributed by atoms with Crippen molar-refractivity contribution in [2.45, 2.75) is 50.5 Å². The van der Waals surface area contributed by atoms with Crippen molar-refractivity contribution in [2.75, 3.05) is 11.9 Å². The molecule has 1 amide bonds. The van der Waals surface area contributed by atoms with E-state index in [1.165, 1.54) is 0 Å². The highest BCUT2D eigenvalue weighted by atomic mass is 79.9. The number of carbonyl (C=O) groups is 1. The number of rotatable bonds is 2. The second-order valence-electron chi connectivity index (χ2n) is 5.11. The van der Waals surface area contributed by atoms with Gasteiger partial charge < -0.3 is 4.90 Å². The molecule has 1 saturated carbocycles. The molecule has 0 aromatic heterocycles. The Balaban J connectivity index is 1.92. The van der Waals surface area contributed by atoms with Crippen LogP contribution in [-0.4, -0.2) is 34.6 Å². The van der Waals surface area contributed by atoms with Crippen LogP contribution in [0, 0.1) is 5.92 Å². The summed E-state index contributed by atoms with van der Waals surface area (Å²) in [7, 11) is 0. The van der Waals surface area contributed by atoms with Crippen molar-refractivity contribution >= 4 is 21.8 Å². The first kappa shape index (κ1) is 13.2. The minimum Gasteiger partial charge on any atom is -0.339 e. The summed E-state index contributed by atoms with van der Waals surface area (Å²) >= 11 is 3.41. The molecule has 0 spiro atoms. The lowest BCUT2D eigenvalue weighted by Crippen LogP contribution is -2.42. The molecule has 2 aliphatic rings. The van der Waals surface area contributed by atoms with Crippen LogP contribution in [0.25, 0.3) is 0 Å². The van der Waals surface area contributed by atoms with Crippen molar-refractivity contribution in [1.82, 2.24) is 4.90 Å². The third-order valence-corrected chi connectivity index (χ3v) is 4.65. The van der Waals surface area contributed by atoms with Crippen LogP contribution < -0.4 is 0 Å². The molecule has 0 N–H and O–H groups in total. The van der Waals surface area contributed by atoms with Gasteiger partial charge in [0.25, 0.3) is 0 Å². The predicted molar refractivity (Wildman–Crippen MR) is 65.4 cm³/mol. The van der Waals surface area contributed by atoms with E-state index in [1.807, 2.05) is 4.90 Å². The maximum Gasteiger partial charge on any atom is 0.248 e. The topological polar surface area (TPSA) is 20.3 Å². The zero-order valence-corrected chi connectivity index (χ0v) is 11.4. The molecule has 1 aliphatic carbocycles. The van der Waals surface area contributed by atoms with Crippen LogP contribution >= 0.6 is 15.9 Å². The molecule has 98 valence electrons. The maximum atomic E-state index is 13.0. The number of likely N-dealkylation sites (tertiary alicyclic amines) is 1. The molecule has 0 radical (unpaired) electrons. The van der Waals surface area contributed by atoms with Gasteiger partial charge in [-0.1, -0.05) is 15.9 Å². The summed E-state index contributed by atoms with van der Waals surface area (Å²) in [6.45, 7) is 0.794. The number of alkyl halides is 3. The van der Waals surface area contributed by atoms with E-state index in [4.69, 9.17) is 0 Å². The van der Waals surface area contributed by atoms with E-state index in [0.29, 0.717) is 12.8 Å².